The zero-order valence-corrected chi connectivity index (χ0v) is 16.1. The highest BCUT2D eigenvalue weighted by atomic mass is 16.3. The average molecular weight is 360 g/mol. The van der Waals surface area contributed by atoms with Crippen molar-refractivity contribution >= 4 is 0 Å². The van der Waals surface area contributed by atoms with Crippen LogP contribution in [-0.2, 0) is 0 Å². The van der Waals surface area contributed by atoms with Crippen LogP contribution in [0.2, 0.25) is 0 Å². The van der Waals surface area contributed by atoms with E-state index in [1.807, 2.05) is 0 Å². The van der Waals surface area contributed by atoms with Gasteiger partial charge in [0.25, 0.3) is 0 Å². The maximum Gasteiger partial charge on any atom is 0.0814 e. The first-order valence-corrected chi connectivity index (χ1v) is 10.8. The molecular weight excluding hydrogens is 326 g/mol. The van der Waals surface area contributed by atoms with E-state index in [1.165, 1.54) is 0 Å². The summed E-state index contributed by atoms with van der Waals surface area (Å²) in [5.41, 5.74) is 0.616. The fourth-order valence-electron chi connectivity index (χ4n) is 10.0. The van der Waals surface area contributed by atoms with Crippen molar-refractivity contribution in [1.82, 2.24) is 4.90 Å². The molecule has 0 aromatic rings. The third kappa shape index (κ3) is 1.34. The number of hydrogen-bond acceptors (Lipinski definition) is 4. The van der Waals surface area contributed by atoms with E-state index >= 15 is 0 Å². The molecule has 0 aromatic heterocycles. The molecule has 1 saturated heterocycles. The van der Waals surface area contributed by atoms with Gasteiger partial charge in [-0.25, -0.2) is 0 Å². The maximum absolute atomic E-state index is 11.5. The summed E-state index contributed by atoms with van der Waals surface area (Å²) < 4.78 is 0. The van der Waals surface area contributed by atoms with Crippen molar-refractivity contribution in [3.63, 3.8) is 0 Å². The molecule has 26 heavy (non-hydrogen) atoms. The molecule has 4 heteroatoms. The van der Waals surface area contributed by atoms with E-state index in [2.05, 4.69) is 25.3 Å². The number of aliphatic hydroxyl groups is 3. The Morgan fingerprint density at radius 1 is 1.19 bits per heavy atom. The molecule has 0 radical (unpaired) electrons. The number of rotatable bonds is 1. The fourth-order valence-corrected chi connectivity index (χ4v) is 10.0. The highest BCUT2D eigenvalue weighted by Gasteiger charge is 2.86. The van der Waals surface area contributed by atoms with E-state index in [1.54, 1.807) is 0 Å². The molecule has 0 aromatic carbocycles. The summed E-state index contributed by atoms with van der Waals surface area (Å²) in [5, 5.41) is 34.4. The summed E-state index contributed by atoms with van der Waals surface area (Å²) in [7, 11) is 0. The van der Waals surface area contributed by atoms with Gasteiger partial charge in [-0.2, -0.15) is 0 Å². The molecule has 7 bridgehead atoms. The number of hydrogen-bond donors (Lipinski definition) is 3. The van der Waals surface area contributed by atoms with Gasteiger partial charge in [-0.05, 0) is 61.5 Å². The molecule has 1 unspecified atom stereocenters. The monoisotopic (exact) mass is 359 g/mol. The molecule has 4 nitrogen and oxygen atoms in total. The van der Waals surface area contributed by atoms with Gasteiger partial charge >= 0.3 is 0 Å². The lowest BCUT2D eigenvalue weighted by Gasteiger charge is -2.69. The van der Waals surface area contributed by atoms with Gasteiger partial charge in [-0.1, -0.05) is 20.4 Å². The van der Waals surface area contributed by atoms with Crippen LogP contribution >= 0.6 is 0 Å². The lowest BCUT2D eigenvalue weighted by molar-refractivity contribution is -0.256. The molecule has 1 heterocycles. The van der Waals surface area contributed by atoms with Crippen LogP contribution in [-0.4, -0.2) is 57.7 Å². The third-order valence-electron chi connectivity index (χ3n) is 10.5. The minimum absolute atomic E-state index is 0.0155. The molecule has 7 rings (SSSR count). The summed E-state index contributed by atoms with van der Waals surface area (Å²) in [6.07, 6.45) is 3.73. The van der Waals surface area contributed by atoms with Crippen molar-refractivity contribution in [2.45, 2.75) is 70.3 Å². The summed E-state index contributed by atoms with van der Waals surface area (Å²) in [6.45, 7) is 11.0. The molecule has 2 spiro atoms. The van der Waals surface area contributed by atoms with Gasteiger partial charge in [0, 0.05) is 35.3 Å². The topological polar surface area (TPSA) is 63.9 Å². The Balaban J connectivity index is 1.63. The minimum atomic E-state index is -0.500. The molecule has 7 aliphatic rings. The Morgan fingerprint density at radius 3 is 2.69 bits per heavy atom. The van der Waals surface area contributed by atoms with E-state index in [0.29, 0.717) is 17.9 Å². The SMILES string of the molecule is C=C1[C@H]2CC[C@]3([C@@H]1O)[C@H]1C[C@H]4C5([C@@H](O)CC[C@@]4(C)CN(CC)[C@H]15)[C@@H]3[C@H]2O. The zero-order chi connectivity index (χ0) is 18.2. The molecule has 11 atom stereocenters. The molecule has 1 aliphatic heterocycles. The van der Waals surface area contributed by atoms with E-state index in [9.17, 15) is 15.3 Å². The largest absolute Gasteiger partial charge is 0.392 e. The van der Waals surface area contributed by atoms with Gasteiger partial charge < -0.3 is 15.3 Å². The smallest absolute Gasteiger partial charge is 0.0814 e. The van der Waals surface area contributed by atoms with Crippen molar-refractivity contribution in [3.05, 3.63) is 12.2 Å². The van der Waals surface area contributed by atoms with Crippen molar-refractivity contribution < 1.29 is 15.3 Å². The predicted octanol–water partition coefficient (Wildman–Crippen LogP) is 1.79. The Hall–Kier alpha value is -0.420. The van der Waals surface area contributed by atoms with Crippen LogP contribution in [0.1, 0.15) is 46.0 Å². The number of likely N-dealkylation sites (tertiary alicyclic amines) is 1. The van der Waals surface area contributed by atoms with Gasteiger partial charge in [-0.15, -0.1) is 0 Å². The van der Waals surface area contributed by atoms with E-state index in [0.717, 1.165) is 50.8 Å². The third-order valence-corrected chi connectivity index (χ3v) is 10.5. The van der Waals surface area contributed by atoms with E-state index in [4.69, 9.17) is 0 Å². The Bertz CT molecular complexity index is 695. The second-order valence-corrected chi connectivity index (χ2v) is 10.8. The molecule has 7 fully saturated rings. The van der Waals surface area contributed by atoms with Crippen LogP contribution in [0.4, 0.5) is 0 Å². The Labute approximate surface area is 156 Å². The molecule has 144 valence electrons. The lowest BCUT2D eigenvalue weighted by Crippen LogP contribution is -2.72. The van der Waals surface area contributed by atoms with Crippen molar-refractivity contribution in [2.75, 3.05) is 13.1 Å². The summed E-state index contributed by atoms with van der Waals surface area (Å²) in [5.74, 6) is 0.921. The van der Waals surface area contributed by atoms with Crippen LogP contribution in [0.25, 0.3) is 0 Å². The first-order valence-electron chi connectivity index (χ1n) is 10.8. The molecule has 3 N–H and O–H groups in total. The summed E-state index contributed by atoms with van der Waals surface area (Å²) in [6, 6.07) is 0.319. The van der Waals surface area contributed by atoms with Gasteiger partial charge in [0.2, 0.25) is 0 Å². The zero-order valence-electron chi connectivity index (χ0n) is 16.1. The van der Waals surface area contributed by atoms with E-state index in [-0.39, 0.29) is 34.2 Å². The van der Waals surface area contributed by atoms with E-state index < -0.39 is 12.2 Å². The number of nitrogens with zero attached hydrogens (tertiary/aromatic N) is 1. The van der Waals surface area contributed by atoms with Crippen molar-refractivity contribution in [3.8, 4) is 0 Å². The lowest BCUT2D eigenvalue weighted by atomic mass is 9.38. The normalized spacial score (nSPS) is 65.5. The number of aliphatic hydroxyl groups excluding tert-OH is 3. The Morgan fingerprint density at radius 2 is 1.96 bits per heavy atom. The van der Waals surface area contributed by atoms with Crippen LogP contribution < -0.4 is 0 Å². The second kappa shape index (κ2) is 4.59. The molecule has 6 saturated carbocycles. The van der Waals surface area contributed by atoms with Gasteiger partial charge in [0.1, 0.15) is 0 Å². The van der Waals surface area contributed by atoms with Crippen molar-refractivity contribution in [2.24, 2.45) is 39.9 Å². The Kier molecular flexibility index (Phi) is 2.92. The average Bonchev–Trinajstić information content (AvgIpc) is 3.06. The van der Waals surface area contributed by atoms with Gasteiger partial charge in [0.15, 0.2) is 0 Å². The van der Waals surface area contributed by atoms with Crippen LogP contribution in [0.3, 0.4) is 0 Å². The standard InChI is InChI=1S/C22H33NO3/c1-4-23-10-20(3)7-6-15(24)22-14(20)9-13(18(22)23)21-8-5-12(11(2)19(21)26)16(25)17(21)22/h12-19,24-26H,2,4-10H2,1,3H3/t12-,13+,14-,15+,16+,17-,18-,19-,20+,21+,22?/m1/s1. The second-order valence-electron chi connectivity index (χ2n) is 10.8. The summed E-state index contributed by atoms with van der Waals surface area (Å²) in [4.78, 5) is 2.62. The minimum Gasteiger partial charge on any atom is -0.392 e. The first kappa shape index (κ1) is 16.5. The van der Waals surface area contributed by atoms with Crippen LogP contribution in [0.5, 0.6) is 0 Å². The van der Waals surface area contributed by atoms with Crippen LogP contribution in [0, 0.1) is 39.9 Å². The van der Waals surface area contributed by atoms with Crippen LogP contribution in [0.15, 0.2) is 12.2 Å². The number of piperidine rings is 1. The fraction of sp³-hybridized carbons (Fsp3) is 0.909. The summed E-state index contributed by atoms with van der Waals surface area (Å²) >= 11 is 0. The van der Waals surface area contributed by atoms with Gasteiger partial charge in [-0.3, -0.25) is 4.90 Å². The van der Waals surface area contributed by atoms with Crippen molar-refractivity contribution in [1.29, 1.82) is 0 Å². The molecule has 0 amide bonds. The molecular formula is C22H33NO3. The predicted molar refractivity (Wildman–Crippen MR) is 98.2 cm³/mol. The highest BCUT2D eigenvalue weighted by molar-refractivity contribution is 5.39. The van der Waals surface area contributed by atoms with Gasteiger partial charge in [0.05, 0.1) is 18.3 Å². The first-order chi connectivity index (χ1) is 12.3. The highest BCUT2D eigenvalue weighted by Crippen LogP contribution is 2.83. The maximum atomic E-state index is 11.5. The molecule has 6 aliphatic carbocycles. The number of fused-ring (bicyclic) bond motifs is 2. The quantitative estimate of drug-likeness (QED) is 0.625.